The van der Waals surface area contributed by atoms with Crippen molar-refractivity contribution in [1.29, 1.82) is 0 Å². The second-order valence-corrected chi connectivity index (χ2v) is 8.33. The largest absolute Gasteiger partial charge is 0.497 e. The summed E-state index contributed by atoms with van der Waals surface area (Å²) in [6, 6.07) is 11.5. The zero-order valence-electron chi connectivity index (χ0n) is 17.4. The zero-order valence-corrected chi connectivity index (χ0v) is 18.2. The number of ether oxygens (including phenoxy) is 2. The normalized spacial score (nSPS) is 12.5. The molecule has 0 heterocycles. The maximum absolute atomic E-state index is 13.0. The number of benzene rings is 2. The molecule has 1 amide bonds. The molecule has 1 N–H and O–H groups in total. The maximum atomic E-state index is 13.0. The molecule has 0 aliphatic carbocycles. The van der Waals surface area contributed by atoms with Gasteiger partial charge in [-0.25, -0.2) is 8.42 Å². The van der Waals surface area contributed by atoms with Crippen LogP contribution in [0.15, 0.2) is 47.4 Å². The summed E-state index contributed by atoms with van der Waals surface area (Å²) in [6.45, 7) is 6.04. The van der Waals surface area contributed by atoms with Gasteiger partial charge in [-0.1, -0.05) is 26.0 Å². The minimum Gasteiger partial charge on any atom is -0.497 e. The van der Waals surface area contributed by atoms with Crippen LogP contribution in [-0.2, 0) is 10.0 Å². The van der Waals surface area contributed by atoms with Gasteiger partial charge in [0.2, 0.25) is 10.0 Å². The second kappa shape index (κ2) is 9.76. The van der Waals surface area contributed by atoms with E-state index in [1.165, 1.54) is 23.5 Å². The van der Waals surface area contributed by atoms with Crippen LogP contribution < -0.4 is 14.8 Å². The monoisotopic (exact) mass is 420 g/mol. The highest BCUT2D eigenvalue weighted by atomic mass is 32.2. The van der Waals surface area contributed by atoms with E-state index in [1.807, 2.05) is 31.2 Å². The van der Waals surface area contributed by atoms with Gasteiger partial charge in [0, 0.05) is 18.7 Å². The minimum atomic E-state index is -3.77. The molecule has 0 aliphatic rings. The topological polar surface area (TPSA) is 84.9 Å². The maximum Gasteiger partial charge on any atom is 0.251 e. The number of nitrogens with one attached hydrogen (secondary N) is 1. The summed E-state index contributed by atoms with van der Waals surface area (Å²) in [5, 5.41) is 2.89. The van der Waals surface area contributed by atoms with Crippen LogP contribution in [0.3, 0.4) is 0 Å². The van der Waals surface area contributed by atoms with E-state index in [9.17, 15) is 13.2 Å². The first-order chi connectivity index (χ1) is 13.8. The molecule has 0 saturated carbocycles. The predicted molar refractivity (Wildman–Crippen MR) is 112 cm³/mol. The average molecular weight is 421 g/mol. The predicted octanol–water partition coefficient (Wildman–Crippen LogP) is 3.23. The van der Waals surface area contributed by atoms with Crippen LogP contribution in [0.1, 0.15) is 42.7 Å². The number of hydrogen-bond donors (Lipinski definition) is 1. The Balaban J connectivity index is 2.31. The molecule has 0 bridgehead atoms. The number of amides is 1. The van der Waals surface area contributed by atoms with Crippen molar-refractivity contribution in [1.82, 2.24) is 9.62 Å². The van der Waals surface area contributed by atoms with Gasteiger partial charge in [0.15, 0.2) is 0 Å². The van der Waals surface area contributed by atoms with Crippen LogP contribution in [0, 0.1) is 0 Å². The van der Waals surface area contributed by atoms with E-state index >= 15 is 0 Å². The van der Waals surface area contributed by atoms with Crippen LogP contribution in [0.5, 0.6) is 11.5 Å². The highest BCUT2D eigenvalue weighted by Gasteiger charge is 2.27. The molecule has 0 aromatic heterocycles. The number of carbonyl (C=O) groups excluding carboxylic acids is 1. The van der Waals surface area contributed by atoms with Crippen molar-refractivity contribution >= 4 is 15.9 Å². The average Bonchev–Trinajstić information content (AvgIpc) is 2.73. The van der Waals surface area contributed by atoms with E-state index in [1.54, 1.807) is 27.0 Å². The van der Waals surface area contributed by atoms with Gasteiger partial charge in [0.25, 0.3) is 5.91 Å². The standard InChI is InChI=1S/C21H28N2O5S/c1-6-23(7-2)29(25,26)20-14-17(10-13-19(20)28-5)21(24)22-15(3)16-8-11-18(27-4)12-9-16/h8-15H,6-7H2,1-5H3,(H,22,24)/t15-/m1/s1. The van der Waals surface area contributed by atoms with Crippen LogP contribution in [0.2, 0.25) is 0 Å². The van der Waals surface area contributed by atoms with Crippen molar-refractivity contribution in [3.05, 3.63) is 53.6 Å². The number of rotatable bonds is 9. The summed E-state index contributed by atoms with van der Waals surface area (Å²) in [5.74, 6) is 0.567. The smallest absolute Gasteiger partial charge is 0.251 e. The zero-order chi connectivity index (χ0) is 21.6. The SMILES string of the molecule is CCN(CC)S(=O)(=O)c1cc(C(=O)N[C@H](C)c2ccc(OC)cc2)ccc1OC. The number of carbonyl (C=O) groups is 1. The fourth-order valence-electron chi connectivity index (χ4n) is 2.98. The third kappa shape index (κ3) is 5.07. The summed E-state index contributed by atoms with van der Waals surface area (Å²) in [4.78, 5) is 12.7. The second-order valence-electron chi connectivity index (χ2n) is 6.42. The van der Waals surface area contributed by atoms with E-state index in [0.717, 1.165) is 11.3 Å². The molecule has 0 saturated heterocycles. The van der Waals surface area contributed by atoms with E-state index in [-0.39, 0.29) is 28.2 Å². The summed E-state index contributed by atoms with van der Waals surface area (Å²) in [5.41, 5.74) is 1.15. The van der Waals surface area contributed by atoms with Crippen molar-refractivity contribution in [3.63, 3.8) is 0 Å². The van der Waals surface area contributed by atoms with Crippen LogP contribution >= 0.6 is 0 Å². The van der Waals surface area contributed by atoms with Crippen molar-refractivity contribution in [2.45, 2.75) is 31.7 Å². The fourth-order valence-corrected chi connectivity index (χ4v) is 4.62. The molecule has 0 radical (unpaired) electrons. The highest BCUT2D eigenvalue weighted by Crippen LogP contribution is 2.28. The molecule has 29 heavy (non-hydrogen) atoms. The quantitative estimate of drug-likeness (QED) is 0.673. The molecule has 158 valence electrons. The molecule has 0 fully saturated rings. The molecule has 0 aliphatic heterocycles. The molecular formula is C21H28N2O5S. The molecule has 2 rings (SSSR count). The Morgan fingerprint density at radius 2 is 1.66 bits per heavy atom. The van der Waals surface area contributed by atoms with Gasteiger partial charge in [-0.05, 0) is 42.8 Å². The molecule has 0 unspecified atom stereocenters. The van der Waals surface area contributed by atoms with Gasteiger partial charge >= 0.3 is 0 Å². The van der Waals surface area contributed by atoms with Crippen LogP contribution in [-0.4, -0.2) is 45.9 Å². The van der Waals surface area contributed by atoms with Crippen molar-refractivity contribution in [2.75, 3.05) is 27.3 Å². The molecule has 2 aromatic carbocycles. The number of hydrogen-bond acceptors (Lipinski definition) is 5. The van der Waals surface area contributed by atoms with Gasteiger partial charge in [0.1, 0.15) is 16.4 Å². The molecule has 7 nitrogen and oxygen atoms in total. The fraction of sp³-hybridized carbons (Fsp3) is 0.381. The van der Waals surface area contributed by atoms with Gasteiger partial charge in [0.05, 0.1) is 20.3 Å². The lowest BCUT2D eigenvalue weighted by Crippen LogP contribution is -2.31. The van der Waals surface area contributed by atoms with E-state index in [4.69, 9.17) is 9.47 Å². The lowest BCUT2D eigenvalue weighted by Gasteiger charge is -2.21. The Morgan fingerprint density at radius 3 is 2.17 bits per heavy atom. The molecular weight excluding hydrogens is 392 g/mol. The summed E-state index contributed by atoms with van der Waals surface area (Å²) in [6.07, 6.45) is 0. The summed E-state index contributed by atoms with van der Waals surface area (Å²) >= 11 is 0. The number of nitrogens with zero attached hydrogens (tertiary/aromatic N) is 1. The minimum absolute atomic E-state index is 0.0200. The summed E-state index contributed by atoms with van der Waals surface area (Å²) in [7, 11) is -0.778. The Labute approximate surface area is 172 Å². The van der Waals surface area contributed by atoms with Gasteiger partial charge in [-0.3, -0.25) is 4.79 Å². The van der Waals surface area contributed by atoms with Gasteiger partial charge in [-0.15, -0.1) is 0 Å². The molecule has 1 atom stereocenters. The van der Waals surface area contributed by atoms with Crippen LogP contribution in [0.25, 0.3) is 0 Å². The van der Waals surface area contributed by atoms with Crippen molar-refractivity contribution < 1.29 is 22.7 Å². The molecule has 2 aromatic rings. The van der Waals surface area contributed by atoms with Gasteiger partial charge < -0.3 is 14.8 Å². The third-order valence-electron chi connectivity index (χ3n) is 4.71. The summed E-state index contributed by atoms with van der Waals surface area (Å²) < 4.78 is 37.6. The first kappa shape index (κ1) is 22.7. The molecule has 0 spiro atoms. The Hall–Kier alpha value is -2.58. The number of methoxy groups -OCH3 is 2. The third-order valence-corrected chi connectivity index (χ3v) is 6.78. The number of sulfonamides is 1. The Morgan fingerprint density at radius 1 is 1.03 bits per heavy atom. The first-order valence-corrected chi connectivity index (χ1v) is 10.8. The first-order valence-electron chi connectivity index (χ1n) is 9.41. The van der Waals surface area contributed by atoms with Crippen LogP contribution in [0.4, 0.5) is 0 Å². The van der Waals surface area contributed by atoms with Crippen molar-refractivity contribution in [2.24, 2.45) is 0 Å². The Kier molecular flexibility index (Phi) is 7.64. The lowest BCUT2D eigenvalue weighted by atomic mass is 10.1. The Bertz CT molecular complexity index is 938. The highest BCUT2D eigenvalue weighted by molar-refractivity contribution is 7.89. The van der Waals surface area contributed by atoms with E-state index < -0.39 is 10.0 Å². The van der Waals surface area contributed by atoms with E-state index in [2.05, 4.69) is 5.32 Å². The lowest BCUT2D eigenvalue weighted by molar-refractivity contribution is 0.0939. The molecule has 8 heteroatoms. The van der Waals surface area contributed by atoms with E-state index in [0.29, 0.717) is 13.1 Å². The van der Waals surface area contributed by atoms with Gasteiger partial charge in [-0.2, -0.15) is 4.31 Å². The van der Waals surface area contributed by atoms with Crippen molar-refractivity contribution in [3.8, 4) is 11.5 Å².